The van der Waals surface area contributed by atoms with Crippen LogP contribution in [-0.4, -0.2) is 58.9 Å². The SMILES string of the molecule is COCCOCCOCCC1(N)CCOCC1. The number of methoxy groups -OCH3 is 1. The van der Waals surface area contributed by atoms with E-state index in [-0.39, 0.29) is 5.54 Å². The van der Waals surface area contributed by atoms with Gasteiger partial charge in [0.1, 0.15) is 0 Å². The van der Waals surface area contributed by atoms with Crippen LogP contribution in [0.1, 0.15) is 19.3 Å². The third kappa shape index (κ3) is 6.95. The highest BCUT2D eigenvalue weighted by molar-refractivity contribution is 4.85. The first-order chi connectivity index (χ1) is 8.27. The molecule has 1 rings (SSSR count). The van der Waals surface area contributed by atoms with Crippen molar-refractivity contribution in [2.75, 3.05) is 53.4 Å². The highest BCUT2D eigenvalue weighted by Crippen LogP contribution is 2.21. The Morgan fingerprint density at radius 3 is 2.24 bits per heavy atom. The minimum absolute atomic E-state index is 0.0881. The van der Waals surface area contributed by atoms with Gasteiger partial charge in [0.2, 0.25) is 0 Å². The van der Waals surface area contributed by atoms with Gasteiger partial charge in [-0.1, -0.05) is 0 Å². The summed E-state index contributed by atoms with van der Waals surface area (Å²) in [6.45, 7) is 4.74. The summed E-state index contributed by atoms with van der Waals surface area (Å²) in [5.74, 6) is 0. The molecule has 5 nitrogen and oxygen atoms in total. The van der Waals surface area contributed by atoms with Crippen molar-refractivity contribution in [2.45, 2.75) is 24.8 Å². The Morgan fingerprint density at radius 1 is 1.00 bits per heavy atom. The summed E-state index contributed by atoms with van der Waals surface area (Å²) in [5.41, 5.74) is 6.14. The number of ether oxygens (including phenoxy) is 4. The molecule has 0 atom stereocenters. The average molecular weight is 247 g/mol. The van der Waals surface area contributed by atoms with E-state index in [9.17, 15) is 0 Å². The van der Waals surface area contributed by atoms with Crippen molar-refractivity contribution < 1.29 is 18.9 Å². The second-order valence-corrected chi connectivity index (χ2v) is 4.44. The number of rotatable bonds is 9. The molecule has 1 aliphatic rings. The molecule has 0 aromatic carbocycles. The van der Waals surface area contributed by atoms with Gasteiger partial charge in [-0.2, -0.15) is 0 Å². The minimum atomic E-state index is -0.0881. The molecule has 1 aliphatic heterocycles. The summed E-state index contributed by atoms with van der Waals surface area (Å²) in [5, 5.41) is 0. The third-order valence-electron chi connectivity index (χ3n) is 3.04. The Kier molecular flexibility index (Phi) is 7.72. The van der Waals surface area contributed by atoms with E-state index in [0.717, 1.165) is 32.5 Å². The Labute approximate surface area is 104 Å². The predicted molar refractivity (Wildman–Crippen MR) is 65.1 cm³/mol. The van der Waals surface area contributed by atoms with Gasteiger partial charge in [-0.15, -0.1) is 0 Å². The Morgan fingerprint density at radius 2 is 1.59 bits per heavy atom. The standard InChI is InChI=1S/C12H25NO4/c1-14-8-9-17-11-10-16-7-4-12(13)2-5-15-6-3-12/h2-11,13H2,1H3. The first kappa shape index (κ1) is 14.9. The van der Waals surface area contributed by atoms with Gasteiger partial charge in [-0.05, 0) is 19.3 Å². The molecule has 17 heavy (non-hydrogen) atoms. The van der Waals surface area contributed by atoms with Gasteiger partial charge in [0, 0.05) is 32.5 Å². The van der Waals surface area contributed by atoms with Gasteiger partial charge in [-0.3, -0.25) is 0 Å². The van der Waals surface area contributed by atoms with Crippen molar-refractivity contribution in [2.24, 2.45) is 5.73 Å². The average Bonchev–Trinajstić information content (AvgIpc) is 2.33. The summed E-state index contributed by atoms with van der Waals surface area (Å²) in [6, 6.07) is 0. The Hall–Kier alpha value is -0.200. The summed E-state index contributed by atoms with van der Waals surface area (Å²) >= 11 is 0. The van der Waals surface area contributed by atoms with Crippen LogP contribution in [0.2, 0.25) is 0 Å². The van der Waals surface area contributed by atoms with Gasteiger partial charge in [-0.25, -0.2) is 0 Å². The fourth-order valence-corrected chi connectivity index (χ4v) is 1.77. The van der Waals surface area contributed by atoms with E-state index in [4.69, 9.17) is 24.7 Å². The van der Waals surface area contributed by atoms with Crippen molar-refractivity contribution in [3.05, 3.63) is 0 Å². The second kappa shape index (κ2) is 8.83. The van der Waals surface area contributed by atoms with Gasteiger partial charge in [0.25, 0.3) is 0 Å². The van der Waals surface area contributed by atoms with Gasteiger partial charge in [0.05, 0.1) is 26.4 Å². The fourth-order valence-electron chi connectivity index (χ4n) is 1.77. The van der Waals surface area contributed by atoms with E-state index >= 15 is 0 Å². The molecule has 2 N–H and O–H groups in total. The summed E-state index contributed by atoms with van der Waals surface area (Å²) < 4.78 is 20.9. The van der Waals surface area contributed by atoms with Crippen molar-refractivity contribution >= 4 is 0 Å². The first-order valence-corrected chi connectivity index (χ1v) is 6.28. The van der Waals surface area contributed by atoms with E-state index in [1.807, 2.05) is 0 Å². The molecule has 0 aliphatic carbocycles. The van der Waals surface area contributed by atoms with Crippen LogP contribution in [0.15, 0.2) is 0 Å². The zero-order valence-electron chi connectivity index (χ0n) is 10.8. The van der Waals surface area contributed by atoms with Gasteiger partial charge < -0.3 is 24.7 Å². The van der Waals surface area contributed by atoms with Crippen LogP contribution < -0.4 is 5.73 Å². The van der Waals surface area contributed by atoms with Crippen molar-refractivity contribution in [1.82, 2.24) is 0 Å². The van der Waals surface area contributed by atoms with E-state index < -0.39 is 0 Å². The van der Waals surface area contributed by atoms with E-state index in [2.05, 4.69) is 0 Å². The second-order valence-electron chi connectivity index (χ2n) is 4.44. The molecule has 0 amide bonds. The quantitative estimate of drug-likeness (QED) is 0.603. The molecule has 0 spiro atoms. The summed E-state index contributed by atoms with van der Waals surface area (Å²) in [6.07, 6.45) is 2.76. The molecular formula is C12H25NO4. The lowest BCUT2D eigenvalue weighted by Crippen LogP contribution is -2.45. The maximum Gasteiger partial charge on any atom is 0.0701 e. The molecule has 1 heterocycles. The first-order valence-electron chi connectivity index (χ1n) is 6.28. The van der Waals surface area contributed by atoms with Crippen molar-refractivity contribution in [3.8, 4) is 0 Å². The lowest BCUT2D eigenvalue weighted by atomic mass is 9.88. The molecule has 0 aromatic rings. The zero-order chi connectivity index (χ0) is 12.4. The Bertz CT molecular complexity index is 183. The maximum absolute atomic E-state index is 6.23. The van der Waals surface area contributed by atoms with Crippen LogP contribution in [0.25, 0.3) is 0 Å². The highest BCUT2D eigenvalue weighted by atomic mass is 16.5. The zero-order valence-corrected chi connectivity index (χ0v) is 10.8. The molecule has 1 saturated heterocycles. The molecule has 102 valence electrons. The molecule has 1 fully saturated rings. The van der Waals surface area contributed by atoms with Crippen molar-refractivity contribution in [3.63, 3.8) is 0 Å². The molecular weight excluding hydrogens is 222 g/mol. The third-order valence-corrected chi connectivity index (χ3v) is 3.04. The van der Waals surface area contributed by atoms with Crippen LogP contribution in [-0.2, 0) is 18.9 Å². The predicted octanol–water partition coefficient (Wildman–Crippen LogP) is 0.564. The monoisotopic (exact) mass is 247 g/mol. The number of hydrogen-bond donors (Lipinski definition) is 1. The van der Waals surface area contributed by atoms with Crippen LogP contribution in [0.3, 0.4) is 0 Å². The van der Waals surface area contributed by atoms with Crippen LogP contribution in [0.4, 0.5) is 0 Å². The molecule has 0 unspecified atom stereocenters. The van der Waals surface area contributed by atoms with Crippen molar-refractivity contribution in [1.29, 1.82) is 0 Å². The van der Waals surface area contributed by atoms with Gasteiger partial charge in [0.15, 0.2) is 0 Å². The molecule has 0 saturated carbocycles. The number of nitrogens with two attached hydrogens (primary N) is 1. The van der Waals surface area contributed by atoms with E-state index in [1.165, 1.54) is 0 Å². The van der Waals surface area contributed by atoms with Crippen LogP contribution >= 0.6 is 0 Å². The van der Waals surface area contributed by atoms with Crippen LogP contribution in [0, 0.1) is 0 Å². The lowest BCUT2D eigenvalue weighted by molar-refractivity contribution is 0.00840. The fraction of sp³-hybridized carbons (Fsp3) is 1.00. The normalized spacial score (nSPS) is 19.4. The maximum atomic E-state index is 6.23. The number of hydrogen-bond acceptors (Lipinski definition) is 5. The highest BCUT2D eigenvalue weighted by Gasteiger charge is 2.27. The largest absolute Gasteiger partial charge is 0.382 e. The van der Waals surface area contributed by atoms with E-state index in [0.29, 0.717) is 33.0 Å². The topological polar surface area (TPSA) is 62.9 Å². The Balaban J connectivity index is 1.89. The summed E-state index contributed by atoms with van der Waals surface area (Å²) in [4.78, 5) is 0. The molecule has 0 radical (unpaired) electrons. The molecule has 5 heteroatoms. The van der Waals surface area contributed by atoms with Crippen LogP contribution in [0.5, 0.6) is 0 Å². The van der Waals surface area contributed by atoms with E-state index in [1.54, 1.807) is 7.11 Å². The smallest absolute Gasteiger partial charge is 0.0701 e. The van der Waals surface area contributed by atoms with Gasteiger partial charge >= 0.3 is 0 Å². The molecule has 0 bridgehead atoms. The summed E-state index contributed by atoms with van der Waals surface area (Å²) in [7, 11) is 1.66. The molecule has 0 aromatic heterocycles. The lowest BCUT2D eigenvalue weighted by Gasteiger charge is -2.33. The minimum Gasteiger partial charge on any atom is -0.382 e.